The highest BCUT2D eigenvalue weighted by Crippen LogP contribution is 2.28. The molecule has 1 aromatic heterocycles. The van der Waals surface area contributed by atoms with Gasteiger partial charge in [-0.3, -0.25) is 14.9 Å². The van der Waals surface area contributed by atoms with Gasteiger partial charge in [-0.25, -0.2) is 9.37 Å². The SMILES string of the molecule is Cc1c(F)cc(C(=O)Nc2cccnc2N2CCCC2)cc1[N+](=O)[O-]. The van der Waals surface area contributed by atoms with Crippen molar-refractivity contribution in [1.82, 2.24) is 4.98 Å². The van der Waals surface area contributed by atoms with Crippen molar-refractivity contribution in [3.05, 3.63) is 57.5 Å². The van der Waals surface area contributed by atoms with Gasteiger partial charge in [0, 0.05) is 30.9 Å². The third-order valence-electron chi connectivity index (χ3n) is 4.22. The van der Waals surface area contributed by atoms with E-state index in [0.29, 0.717) is 11.5 Å². The minimum absolute atomic E-state index is 0.0966. The Hall–Kier alpha value is -3.03. The Morgan fingerprint density at radius 2 is 2.08 bits per heavy atom. The highest BCUT2D eigenvalue weighted by atomic mass is 19.1. The second kappa shape index (κ2) is 6.84. The summed E-state index contributed by atoms with van der Waals surface area (Å²) in [7, 11) is 0. The molecule has 1 aliphatic rings. The van der Waals surface area contributed by atoms with Gasteiger partial charge >= 0.3 is 0 Å². The third-order valence-corrected chi connectivity index (χ3v) is 4.22. The standard InChI is InChI=1S/C17H17FN4O3/c1-11-13(18)9-12(10-15(11)22(24)25)17(23)20-14-5-4-6-19-16(14)21-7-2-3-8-21/h4-6,9-10H,2-3,7-8H2,1H3,(H,20,23). The maximum atomic E-state index is 13.9. The van der Waals surface area contributed by atoms with Gasteiger partial charge in [-0.05, 0) is 38.0 Å². The van der Waals surface area contributed by atoms with E-state index in [0.717, 1.165) is 38.1 Å². The van der Waals surface area contributed by atoms with Crippen LogP contribution >= 0.6 is 0 Å². The van der Waals surface area contributed by atoms with Crippen molar-refractivity contribution in [2.24, 2.45) is 0 Å². The van der Waals surface area contributed by atoms with Gasteiger partial charge in [0.25, 0.3) is 11.6 Å². The average molecular weight is 344 g/mol. The summed E-state index contributed by atoms with van der Waals surface area (Å²) in [5, 5.41) is 13.7. The van der Waals surface area contributed by atoms with Crippen LogP contribution < -0.4 is 10.2 Å². The Morgan fingerprint density at radius 3 is 2.76 bits per heavy atom. The summed E-state index contributed by atoms with van der Waals surface area (Å²) in [5.41, 5.74) is -0.124. The van der Waals surface area contributed by atoms with Gasteiger partial charge in [0.1, 0.15) is 5.82 Å². The van der Waals surface area contributed by atoms with E-state index in [1.54, 1.807) is 18.3 Å². The summed E-state index contributed by atoms with van der Waals surface area (Å²) < 4.78 is 13.9. The van der Waals surface area contributed by atoms with Crippen molar-refractivity contribution < 1.29 is 14.1 Å². The van der Waals surface area contributed by atoms with E-state index in [4.69, 9.17) is 0 Å². The Morgan fingerprint density at radius 1 is 1.36 bits per heavy atom. The fraction of sp³-hybridized carbons (Fsp3) is 0.294. The summed E-state index contributed by atoms with van der Waals surface area (Å²) in [6.07, 6.45) is 3.75. The van der Waals surface area contributed by atoms with Crippen molar-refractivity contribution in [1.29, 1.82) is 0 Å². The lowest BCUT2D eigenvalue weighted by Crippen LogP contribution is -2.22. The molecule has 7 nitrogen and oxygen atoms in total. The maximum Gasteiger partial charge on any atom is 0.276 e. The molecule has 1 N–H and O–H groups in total. The summed E-state index contributed by atoms with van der Waals surface area (Å²) >= 11 is 0. The number of benzene rings is 1. The molecule has 25 heavy (non-hydrogen) atoms. The number of pyridine rings is 1. The van der Waals surface area contributed by atoms with Crippen LogP contribution in [0, 0.1) is 22.9 Å². The first-order valence-electron chi connectivity index (χ1n) is 7.93. The first-order chi connectivity index (χ1) is 12.0. The zero-order valence-electron chi connectivity index (χ0n) is 13.7. The van der Waals surface area contributed by atoms with Gasteiger partial charge < -0.3 is 10.2 Å². The Kier molecular flexibility index (Phi) is 4.60. The lowest BCUT2D eigenvalue weighted by molar-refractivity contribution is -0.385. The minimum atomic E-state index is -0.787. The quantitative estimate of drug-likeness (QED) is 0.679. The predicted molar refractivity (Wildman–Crippen MR) is 91.4 cm³/mol. The van der Waals surface area contributed by atoms with E-state index in [1.807, 2.05) is 0 Å². The zero-order valence-corrected chi connectivity index (χ0v) is 13.7. The van der Waals surface area contributed by atoms with Gasteiger partial charge in [-0.15, -0.1) is 0 Å². The molecule has 0 radical (unpaired) electrons. The Balaban J connectivity index is 1.90. The number of halogens is 1. The molecule has 0 unspecified atom stereocenters. The molecule has 3 rings (SSSR count). The molecule has 0 saturated carbocycles. The summed E-state index contributed by atoms with van der Waals surface area (Å²) in [5.74, 6) is -0.754. The van der Waals surface area contributed by atoms with E-state index >= 15 is 0 Å². The first-order valence-corrected chi connectivity index (χ1v) is 7.93. The van der Waals surface area contributed by atoms with E-state index in [2.05, 4.69) is 15.2 Å². The fourth-order valence-corrected chi connectivity index (χ4v) is 2.86. The molecule has 1 amide bonds. The van der Waals surface area contributed by atoms with Gasteiger partial charge in [0.05, 0.1) is 16.2 Å². The third kappa shape index (κ3) is 3.42. The summed E-state index contributed by atoms with van der Waals surface area (Å²) in [4.78, 5) is 29.2. The fourth-order valence-electron chi connectivity index (χ4n) is 2.86. The van der Waals surface area contributed by atoms with Crippen molar-refractivity contribution in [3.63, 3.8) is 0 Å². The van der Waals surface area contributed by atoms with Crippen LogP contribution in [0.5, 0.6) is 0 Å². The van der Waals surface area contributed by atoms with Gasteiger partial charge in [0.15, 0.2) is 5.82 Å². The molecular formula is C17H17FN4O3. The normalized spacial score (nSPS) is 13.8. The molecule has 0 spiro atoms. The number of carbonyl (C=O) groups is 1. The van der Waals surface area contributed by atoms with Gasteiger partial charge in [-0.2, -0.15) is 0 Å². The van der Waals surface area contributed by atoms with Crippen LogP contribution in [0.15, 0.2) is 30.5 Å². The number of amides is 1. The largest absolute Gasteiger partial charge is 0.355 e. The molecule has 1 fully saturated rings. The van der Waals surface area contributed by atoms with Crippen LogP contribution in [0.3, 0.4) is 0 Å². The molecule has 1 aliphatic heterocycles. The van der Waals surface area contributed by atoms with Crippen LogP contribution in [-0.4, -0.2) is 28.9 Å². The number of nitrogens with one attached hydrogen (secondary N) is 1. The van der Waals surface area contributed by atoms with E-state index < -0.39 is 22.3 Å². The Bertz CT molecular complexity index is 835. The number of carbonyl (C=O) groups excluding carboxylic acids is 1. The number of nitro benzene ring substituents is 1. The highest BCUT2D eigenvalue weighted by Gasteiger charge is 2.22. The molecule has 0 atom stereocenters. The zero-order chi connectivity index (χ0) is 18.0. The maximum absolute atomic E-state index is 13.9. The number of rotatable bonds is 4. The van der Waals surface area contributed by atoms with Crippen molar-refractivity contribution >= 4 is 23.1 Å². The number of hydrogen-bond donors (Lipinski definition) is 1. The smallest absolute Gasteiger partial charge is 0.276 e. The molecule has 8 heteroatoms. The molecule has 0 aliphatic carbocycles. The van der Waals surface area contributed by atoms with Crippen LogP contribution in [0.4, 0.5) is 21.6 Å². The summed E-state index contributed by atoms with van der Waals surface area (Å²) in [6.45, 7) is 3.01. The van der Waals surface area contributed by atoms with Gasteiger partial charge in [-0.1, -0.05) is 0 Å². The number of nitro groups is 1. The van der Waals surface area contributed by atoms with Crippen LogP contribution in [0.1, 0.15) is 28.8 Å². The summed E-state index contributed by atoms with van der Waals surface area (Å²) in [6, 6.07) is 5.48. The molecule has 2 heterocycles. The molecule has 2 aromatic rings. The van der Waals surface area contributed by atoms with Crippen molar-refractivity contribution in [2.75, 3.05) is 23.3 Å². The molecule has 1 saturated heterocycles. The number of nitrogens with zero attached hydrogens (tertiary/aromatic N) is 3. The van der Waals surface area contributed by atoms with Crippen LogP contribution in [0.25, 0.3) is 0 Å². The lowest BCUT2D eigenvalue weighted by Gasteiger charge is -2.20. The van der Waals surface area contributed by atoms with E-state index in [1.165, 1.54) is 6.92 Å². The van der Waals surface area contributed by atoms with Crippen molar-refractivity contribution in [2.45, 2.75) is 19.8 Å². The molecule has 130 valence electrons. The van der Waals surface area contributed by atoms with E-state index in [9.17, 15) is 19.3 Å². The van der Waals surface area contributed by atoms with Gasteiger partial charge in [0.2, 0.25) is 0 Å². The van der Waals surface area contributed by atoms with Crippen LogP contribution in [0.2, 0.25) is 0 Å². The first kappa shape index (κ1) is 16.8. The van der Waals surface area contributed by atoms with Crippen LogP contribution in [-0.2, 0) is 0 Å². The molecular weight excluding hydrogens is 327 g/mol. The monoisotopic (exact) mass is 344 g/mol. The number of anilines is 2. The molecule has 1 aromatic carbocycles. The minimum Gasteiger partial charge on any atom is -0.355 e. The lowest BCUT2D eigenvalue weighted by atomic mass is 10.1. The second-order valence-electron chi connectivity index (χ2n) is 5.88. The van der Waals surface area contributed by atoms with Crippen molar-refractivity contribution in [3.8, 4) is 0 Å². The highest BCUT2D eigenvalue weighted by molar-refractivity contribution is 6.06. The predicted octanol–water partition coefficient (Wildman–Crippen LogP) is 3.29. The average Bonchev–Trinajstić information content (AvgIpc) is 3.11. The topological polar surface area (TPSA) is 88.4 Å². The number of hydrogen-bond acceptors (Lipinski definition) is 5. The van der Waals surface area contributed by atoms with E-state index in [-0.39, 0.29) is 11.1 Å². The Labute approximate surface area is 143 Å². The second-order valence-corrected chi connectivity index (χ2v) is 5.88. The molecule has 0 bridgehead atoms. The number of aromatic nitrogens is 1.